The molecule has 2 atom stereocenters. The summed E-state index contributed by atoms with van der Waals surface area (Å²) in [4.78, 5) is 0. The first kappa shape index (κ1) is 6.69. The summed E-state index contributed by atoms with van der Waals surface area (Å²) < 4.78 is 0. The van der Waals surface area contributed by atoms with Gasteiger partial charge >= 0.3 is 0 Å². The molecule has 0 heterocycles. The van der Waals surface area contributed by atoms with E-state index in [0.717, 1.165) is 23.7 Å². The molecule has 0 unspecified atom stereocenters. The Kier molecular flexibility index (Phi) is 1.51. The van der Waals surface area contributed by atoms with Gasteiger partial charge in [-0.15, -0.1) is 0 Å². The van der Waals surface area contributed by atoms with E-state index in [-0.39, 0.29) is 0 Å². The van der Waals surface area contributed by atoms with E-state index in [1.54, 1.807) is 6.42 Å². The number of fused-ring (bicyclic) bond motifs is 3. The lowest BCUT2D eigenvalue weighted by molar-refractivity contribution is 0.0556. The molecule has 58 valence electrons. The molecular weight excluding hydrogens is 120 g/mol. The molecule has 3 fully saturated rings. The second-order valence-electron chi connectivity index (χ2n) is 4.53. The molecule has 0 heteroatoms. The van der Waals surface area contributed by atoms with Crippen LogP contribution in [0.25, 0.3) is 0 Å². The van der Waals surface area contributed by atoms with Crippen molar-refractivity contribution in [3.8, 4) is 0 Å². The number of hydrogen-bond acceptors (Lipinski definition) is 0. The minimum atomic E-state index is 1.04. The topological polar surface area (TPSA) is 0 Å². The quantitative estimate of drug-likeness (QED) is 0.482. The molecule has 0 spiro atoms. The minimum Gasteiger partial charge on any atom is -0.0622 e. The predicted octanol–water partition coefficient (Wildman–Crippen LogP) is 3.08. The molecule has 2 bridgehead atoms. The predicted molar refractivity (Wildman–Crippen MR) is 43.8 cm³/mol. The minimum absolute atomic E-state index is 1.04. The Balaban J connectivity index is 2.11. The van der Waals surface area contributed by atoms with Crippen LogP contribution in [0.3, 0.4) is 0 Å². The molecule has 0 nitrogen and oxygen atoms in total. The van der Waals surface area contributed by atoms with Crippen LogP contribution in [0.1, 0.15) is 39.5 Å². The van der Waals surface area contributed by atoms with Crippen molar-refractivity contribution in [3.05, 3.63) is 0 Å². The molecule has 0 N–H and O–H groups in total. The van der Waals surface area contributed by atoms with Crippen LogP contribution in [0.5, 0.6) is 0 Å². The van der Waals surface area contributed by atoms with Crippen molar-refractivity contribution in [1.29, 1.82) is 0 Å². The normalized spacial score (nSPS) is 53.4. The third-order valence-electron chi connectivity index (χ3n) is 3.78. The summed E-state index contributed by atoms with van der Waals surface area (Å²) in [7, 11) is 0. The van der Waals surface area contributed by atoms with Gasteiger partial charge in [0.15, 0.2) is 0 Å². The van der Waals surface area contributed by atoms with Crippen molar-refractivity contribution in [1.82, 2.24) is 0 Å². The van der Waals surface area contributed by atoms with Crippen LogP contribution in [0, 0.1) is 23.7 Å². The lowest BCUT2D eigenvalue weighted by Gasteiger charge is -2.45. The maximum atomic E-state index is 2.45. The summed E-state index contributed by atoms with van der Waals surface area (Å²) in [5.74, 6) is 4.28. The Morgan fingerprint density at radius 3 is 1.80 bits per heavy atom. The zero-order chi connectivity index (χ0) is 7.14. The fourth-order valence-corrected chi connectivity index (χ4v) is 3.29. The van der Waals surface area contributed by atoms with Crippen LogP contribution in [-0.4, -0.2) is 0 Å². The molecule has 0 aliphatic heterocycles. The van der Waals surface area contributed by atoms with Gasteiger partial charge in [0.05, 0.1) is 0 Å². The molecule has 0 aromatic carbocycles. The highest BCUT2D eigenvalue weighted by Crippen LogP contribution is 2.47. The molecular formula is C10H18. The first-order valence-corrected chi connectivity index (χ1v) is 4.77. The van der Waals surface area contributed by atoms with E-state index in [4.69, 9.17) is 0 Å². The highest BCUT2D eigenvalue weighted by Gasteiger charge is 2.37. The van der Waals surface area contributed by atoms with Gasteiger partial charge in [-0.1, -0.05) is 20.3 Å². The first-order chi connectivity index (χ1) is 4.77. The Morgan fingerprint density at radius 2 is 1.50 bits per heavy atom. The molecule has 0 radical (unpaired) electrons. The number of rotatable bonds is 0. The van der Waals surface area contributed by atoms with Gasteiger partial charge in [-0.25, -0.2) is 0 Å². The second-order valence-corrected chi connectivity index (χ2v) is 4.53. The third-order valence-corrected chi connectivity index (χ3v) is 3.78. The molecule has 0 aromatic heterocycles. The summed E-state index contributed by atoms with van der Waals surface area (Å²) in [6, 6.07) is 0. The number of hydrogen-bond donors (Lipinski definition) is 0. The average molecular weight is 138 g/mol. The van der Waals surface area contributed by atoms with E-state index in [1.165, 1.54) is 19.3 Å². The lowest BCUT2D eigenvalue weighted by Crippen LogP contribution is -2.35. The summed E-state index contributed by atoms with van der Waals surface area (Å²) in [6.45, 7) is 4.90. The van der Waals surface area contributed by atoms with Gasteiger partial charge in [-0.3, -0.25) is 0 Å². The maximum absolute atomic E-state index is 2.45. The lowest BCUT2D eigenvalue weighted by atomic mass is 9.61. The van der Waals surface area contributed by atoms with E-state index >= 15 is 0 Å². The summed E-state index contributed by atoms with van der Waals surface area (Å²) in [6.07, 6.45) is 6.15. The fraction of sp³-hybridized carbons (Fsp3) is 1.00. The molecule has 3 aliphatic carbocycles. The van der Waals surface area contributed by atoms with Gasteiger partial charge in [-0.2, -0.15) is 0 Å². The van der Waals surface area contributed by atoms with Crippen LogP contribution in [0.15, 0.2) is 0 Å². The van der Waals surface area contributed by atoms with Crippen LogP contribution in [0.2, 0.25) is 0 Å². The molecule has 0 saturated heterocycles. The molecule has 3 aliphatic rings. The molecule has 3 saturated carbocycles. The van der Waals surface area contributed by atoms with E-state index < -0.39 is 0 Å². The van der Waals surface area contributed by atoms with Gasteiger partial charge < -0.3 is 0 Å². The summed E-state index contributed by atoms with van der Waals surface area (Å²) in [5.41, 5.74) is 0. The van der Waals surface area contributed by atoms with Crippen molar-refractivity contribution >= 4 is 0 Å². The van der Waals surface area contributed by atoms with Gasteiger partial charge in [0.25, 0.3) is 0 Å². The van der Waals surface area contributed by atoms with E-state index in [9.17, 15) is 0 Å². The summed E-state index contributed by atoms with van der Waals surface area (Å²) in [5, 5.41) is 0. The smallest absolute Gasteiger partial charge is 0.0362 e. The standard InChI is InChI=1S/C10H18/c1-7-5-9-3-4-10(7)8(2)6-9/h7-10H,3-6H2,1-2H3/t7-,8-,9?,10?/m0/s1. The van der Waals surface area contributed by atoms with Crippen molar-refractivity contribution in [2.24, 2.45) is 23.7 Å². The van der Waals surface area contributed by atoms with Crippen LogP contribution < -0.4 is 0 Å². The monoisotopic (exact) mass is 138 g/mol. The molecule has 0 aromatic rings. The zero-order valence-corrected chi connectivity index (χ0v) is 7.14. The molecule has 3 rings (SSSR count). The Labute approximate surface area is 64.0 Å². The van der Waals surface area contributed by atoms with E-state index in [2.05, 4.69) is 13.8 Å². The highest BCUT2D eigenvalue weighted by molar-refractivity contribution is 4.87. The highest BCUT2D eigenvalue weighted by atomic mass is 14.4. The maximum Gasteiger partial charge on any atom is -0.0362 e. The van der Waals surface area contributed by atoms with Gasteiger partial charge in [0.1, 0.15) is 0 Å². The van der Waals surface area contributed by atoms with Gasteiger partial charge in [0.2, 0.25) is 0 Å². The molecule has 10 heavy (non-hydrogen) atoms. The van der Waals surface area contributed by atoms with Crippen LogP contribution in [-0.2, 0) is 0 Å². The van der Waals surface area contributed by atoms with Crippen LogP contribution >= 0.6 is 0 Å². The summed E-state index contributed by atoms with van der Waals surface area (Å²) >= 11 is 0. The first-order valence-electron chi connectivity index (χ1n) is 4.77. The largest absolute Gasteiger partial charge is 0.0622 e. The Bertz CT molecular complexity index is 116. The second kappa shape index (κ2) is 2.25. The average Bonchev–Trinajstić information content (AvgIpc) is 1.86. The Hall–Kier alpha value is 0. The van der Waals surface area contributed by atoms with Crippen LogP contribution in [0.4, 0.5) is 0 Å². The van der Waals surface area contributed by atoms with Crippen molar-refractivity contribution in [2.45, 2.75) is 39.5 Å². The van der Waals surface area contributed by atoms with Gasteiger partial charge in [-0.05, 0) is 42.9 Å². The molecule has 0 amide bonds. The van der Waals surface area contributed by atoms with Crippen molar-refractivity contribution in [2.75, 3.05) is 0 Å². The Morgan fingerprint density at radius 1 is 0.900 bits per heavy atom. The SMILES string of the molecule is C[C@H]1CC2CCC1[C@@H](C)C2. The third kappa shape index (κ3) is 0.889. The van der Waals surface area contributed by atoms with E-state index in [0.29, 0.717) is 0 Å². The van der Waals surface area contributed by atoms with Gasteiger partial charge in [0, 0.05) is 0 Å². The van der Waals surface area contributed by atoms with Crippen molar-refractivity contribution in [3.63, 3.8) is 0 Å². The zero-order valence-electron chi connectivity index (χ0n) is 7.14. The fourth-order valence-electron chi connectivity index (χ4n) is 3.29. The van der Waals surface area contributed by atoms with Crippen molar-refractivity contribution < 1.29 is 0 Å². The van der Waals surface area contributed by atoms with E-state index in [1.807, 2.05) is 0 Å².